The van der Waals surface area contributed by atoms with Gasteiger partial charge >= 0.3 is 5.97 Å². The molecular weight excluding hydrogens is 218 g/mol. The van der Waals surface area contributed by atoms with Crippen LogP contribution in [-0.2, 0) is 11.2 Å². The van der Waals surface area contributed by atoms with Gasteiger partial charge in [-0.15, -0.1) is 0 Å². The van der Waals surface area contributed by atoms with Crippen LogP contribution in [0.2, 0.25) is 0 Å². The number of hydrogen-bond donors (Lipinski definition) is 0. The Bertz CT molecular complexity index is 486. The van der Waals surface area contributed by atoms with Crippen LogP contribution in [0.15, 0.2) is 12.1 Å². The molecule has 0 N–H and O–H groups in total. The number of rotatable bonds is 4. The Morgan fingerprint density at radius 3 is 2.65 bits per heavy atom. The van der Waals surface area contributed by atoms with Crippen molar-refractivity contribution < 1.29 is 14.3 Å². The first kappa shape index (κ1) is 12.9. The van der Waals surface area contributed by atoms with Gasteiger partial charge in [-0.3, -0.25) is 4.79 Å². The number of nitrogens with zero attached hydrogens (tertiary/aromatic N) is 1. The van der Waals surface area contributed by atoms with Crippen LogP contribution < -0.4 is 0 Å². The number of ether oxygens (including phenoxy) is 1. The van der Waals surface area contributed by atoms with E-state index in [9.17, 15) is 9.59 Å². The highest BCUT2D eigenvalue weighted by atomic mass is 16.5. The lowest BCUT2D eigenvalue weighted by Gasteiger charge is -2.07. The standard InChI is InChI=1S/C13H13NO3/c1-3-9-5-10(13(16)17-4-2)6-11(8-15)12(9)7-14/h5-6,8H,3-4H2,1-2H3. The molecule has 4 nitrogen and oxygen atoms in total. The summed E-state index contributed by atoms with van der Waals surface area (Å²) in [6.45, 7) is 3.85. The first-order chi connectivity index (χ1) is 8.17. The monoisotopic (exact) mass is 231 g/mol. The van der Waals surface area contributed by atoms with Crippen molar-refractivity contribution >= 4 is 12.3 Å². The van der Waals surface area contributed by atoms with Crippen molar-refractivity contribution in [2.45, 2.75) is 20.3 Å². The molecule has 4 heteroatoms. The van der Waals surface area contributed by atoms with E-state index in [1.807, 2.05) is 13.0 Å². The molecule has 0 heterocycles. The number of carbonyl (C=O) groups excluding carboxylic acids is 2. The first-order valence-electron chi connectivity index (χ1n) is 5.37. The predicted molar refractivity (Wildman–Crippen MR) is 61.9 cm³/mol. The molecule has 88 valence electrons. The zero-order valence-corrected chi connectivity index (χ0v) is 9.82. The van der Waals surface area contributed by atoms with E-state index < -0.39 is 5.97 Å². The maximum Gasteiger partial charge on any atom is 0.338 e. The lowest BCUT2D eigenvalue weighted by Crippen LogP contribution is -2.07. The molecular formula is C13H13NO3. The molecule has 1 aromatic rings. The van der Waals surface area contributed by atoms with Crippen LogP contribution in [0.3, 0.4) is 0 Å². The van der Waals surface area contributed by atoms with E-state index in [4.69, 9.17) is 10.00 Å². The highest BCUT2D eigenvalue weighted by molar-refractivity contribution is 5.93. The minimum atomic E-state index is -0.477. The highest BCUT2D eigenvalue weighted by Crippen LogP contribution is 2.17. The Labute approximate surface area is 99.8 Å². The number of aldehydes is 1. The van der Waals surface area contributed by atoms with Crippen LogP contribution in [0.4, 0.5) is 0 Å². The predicted octanol–water partition coefficient (Wildman–Crippen LogP) is 2.11. The topological polar surface area (TPSA) is 67.2 Å². The largest absolute Gasteiger partial charge is 0.462 e. The maximum atomic E-state index is 11.6. The minimum Gasteiger partial charge on any atom is -0.462 e. The van der Waals surface area contributed by atoms with E-state index >= 15 is 0 Å². The average molecular weight is 231 g/mol. The van der Waals surface area contributed by atoms with Crippen LogP contribution in [0.5, 0.6) is 0 Å². The van der Waals surface area contributed by atoms with Gasteiger partial charge in [0.15, 0.2) is 6.29 Å². The normalized spacial score (nSPS) is 9.47. The van der Waals surface area contributed by atoms with E-state index in [0.717, 1.165) is 0 Å². The van der Waals surface area contributed by atoms with Crippen LogP contribution in [0, 0.1) is 11.3 Å². The summed E-state index contributed by atoms with van der Waals surface area (Å²) in [5.74, 6) is -0.477. The Morgan fingerprint density at radius 2 is 2.18 bits per heavy atom. The molecule has 0 radical (unpaired) electrons. The SMILES string of the molecule is CCOC(=O)c1cc(C=O)c(C#N)c(CC)c1. The Morgan fingerprint density at radius 1 is 1.47 bits per heavy atom. The lowest BCUT2D eigenvalue weighted by atomic mass is 9.97. The smallest absolute Gasteiger partial charge is 0.338 e. The van der Waals surface area contributed by atoms with E-state index in [2.05, 4.69) is 0 Å². The fraction of sp³-hybridized carbons (Fsp3) is 0.308. The van der Waals surface area contributed by atoms with Crippen molar-refractivity contribution in [1.29, 1.82) is 5.26 Å². The molecule has 1 rings (SSSR count). The van der Waals surface area contributed by atoms with Crippen molar-refractivity contribution in [1.82, 2.24) is 0 Å². The molecule has 0 aliphatic carbocycles. The number of esters is 1. The molecule has 0 bridgehead atoms. The van der Waals surface area contributed by atoms with Crippen molar-refractivity contribution in [3.05, 3.63) is 34.4 Å². The van der Waals surface area contributed by atoms with Crippen molar-refractivity contribution in [2.24, 2.45) is 0 Å². The summed E-state index contributed by atoms with van der Waals surface area (Å²) < 4.78 is 4.86. The fourth-order valence-electron chi connectivity index (χ4n) is 1.57. The molecule has 0 aliphatic heterocycles. The summed E-state index contributed by atoms with van der Waals surface area (Å²) in [7, 11) is 0. The van der Waals surface area contributed by atoms with E-state index in [0.29, 0.717) is 29.4 Å². The molecule has 0 amide bonds. The summed E-state index contributed by atoms with van der Waals surface area (Å²) in [5, 5.41) is 8.97. The number of nitriles is 1. The second kappa shape index (κ2) is 5.80. The molecule has 0 spiro atoms. The third kappa shape index (κ3) is 2.70. The molecule has 0 atom stereocenters. The minimum absolute atomic E-state index is 0.231. The Hall–Kier alpha value is -2.15. The van der Waals surface area contributed by atoms with Gasteiger partial charge in [0.05, 0.1) is 17.7 Å². The maximum absolute atomic E-state index is 11.6. The summed E-state index contributed by atoms with van der Waals surface area (Å²) in [4.78, 5) is 22.4. The molecule has 0 saturated carbocycles. The third-order valence-corrected chi connectivity index (χ3v) is 2.38. The molecule has 0 unspecified atom stereocenters. The first-order valence-corrected chi connectivity index (χ1v) is 5.37. The second-order valence-electron chi connectivity index (χ2n) is 3.40. The van der Waals surface area contributed by atoms with Crippen molar-refractivity contribution in [2.75, 3.05) is 6.61 Å². The summed E-state index contributed by atoms with van der Waals surface area (Å²) in [6, 6.07) is 4.97. The zero-order valence-electron chi connectivity index (χ0n) is 9.82. The van der Waals surface area contributed by atoms with Gasteiger partial charge in [0, 0.05) is 5.56 Å². The van der Waals surface area contributed by atoms with Gasteiger partial charge in [0.1, 0.15) is 6.07 Å². The number of benzene rings is 1. The quantitative estimate of drug-likeness (QED) is 0.588. The van der Waals surface area contributed by atoms with E-state index in [1.54, 1.807) is 13.0 Å². The molecule has 1 aromatic carbocycles. The summed E-state index contributed by atoms with van der Waals surface area (Å²) >= 11 is 0. The van der Waals surface area contributed by atoms with Crippen LogP contribution >= 0.6 is 0 Å². The summed E-state index contributed by atoms with van der Waals surface area (Å²) in [6.07, 6.45) is 1.16. The zero-order chi connectivity index (χ0) is 12.8. The number of carbonyl (C=O) groups is 2. The molecule has 0 fully saturated rings. The van der Waals surface area contributed by atoms with Crippen molar-refractivity contribution in [3.8, 4) is 6.07 Å². The molecule has 0 saturated heterocycles. The Balaban J connectivity index is 3.33. The van der Waals surface area contributed by atoms with Gasteiger partial charge < -0.3 is 4.74 Å². The Kier molecular flexibility index (Phi) is 4.41. The van der Waals surface area contributed by atoms with Gasteiger partial charge in [0.25, 0.3) is 0 Å². The second-order valence-corrected chi connectivity index (χ2v) is 3.40. The van der Waals surface area contributed by atoms with Gasteiger partial charge in [-0.05, 0) is 31.0 Å². The molecule has 17 heavy (non-hydrogen) atoms. The average Bonchev–Trinajstić information content (AvgIpc) is 2.37. The van der Waals surface area contributed by atoms with Crippen molar-refractivity contribution in [3.63, 3.8) is 0 Å². The van der Waals surface area contributed by atoms with Crippen LogP contribution in [0.25, 0.3) is 0 Å². The van der Waals surface area contributed by atoms with Crippen LogP contribution in [-0.4, -0.2) is 18.9 Å². The molecule has 0 aromatic heterocycles. The summed E-state index contributed by atoms with van der Waals surface area (Å²) in [5.41, 5.74) is 1.55. The van der Waals surface area contributed by atoms with Gasteiger partial charge in [0.2, 0.25) is 0 Å². The van der Waals surface area contributed by atoms with Crippen LogP contribution in [0.1, 0.15) is 45.7 Å². The van der Waals surface area contributed by atoms with Gasteiger partial charge in [-0.25, -0.2) is 4.79 Å². The highest BCUT2D eigenvalue weighted by Gasteiger charge is 2.14. The van der Waals surface area contributed by atoms with E-state index in [1.165, 1.54) is 6.07 Å². The van der Waals surface area contributed by atoms with Gasteiger partial charge in [-0.2, -0.15) is 5.26 Å². The number of aryl methyl sites for hydroxylation is 1. The third-order valence-electron chi connectivity index (χ3n) is 2.38. The van der Waals surface area contributed by atoms with Gasteiger partial charge in [-0.1, -0.05) is 6.92 Å². The lowest BCUT2D eigenvalue weighted by molar-refractivity contribution is 0.0526. The fourth-order valence-corrected chi connectivity index (χ4v) is 1.57. The molecule has 0 aliphatic rings. The van der Waals surface area contributed by atoms with E-state index in [-0.39, 0.29) is 12.2 Å². The number of hydrogen-bond acceptors (Lipinski definition) is 4.